The van der Waals surface area contributed by atoms with Gasteiger partial charge in [-0.2, -0.15) is 8.78 Å². The summed E-state index contributed by atoms with van der Waals surface area (Å²) in [5.74, 6) is -0.0644. The van der Waals surface area contributed by atoms with Crippen LogP contribution >= 0.6 is 15.9 Å². The highest BCUT2D eigenvalue weighted by Crippen LogP contribution is 2.32. The van der Waals surface area contributed by atoms with Crippen LogP contribution in [0.2, 0.25) is 0 Å². The van der Waals surface area contributed by atoms with Gasteiger partial charge in [0.05, 0.1) is 13.2 Å². The Bertz CT molecular complexity index is 389. The van der Waals surface area contributed by atoms with E-state index in [1.165, 1.54) is 25.3 Å². The van der Waals surface area contributed by atoms with Crippen molar-refractivity contribution >= 4 is 15.9 Å². The molecule has 0 aliphatic heterocycles. The van der Waals surface area contributed by atoms with Crippen molar-refractivity contribution in [2.75, 3.05) is 12.4 Å². The summed E-state index contributed by atoms with van der Waals surface area (Å²) in [5.41, 5.74) is 0.348. The van der Waals surface area contributed by atoms with Crippen LogP contribution in [0.1, 0.15) is 11.7 Å². The van der Waals surface area contributed by atoms with Crippen molar-refractivity contribution in [1.29, 1.82) is 0 Å². The number of benzene rings is 1. The zero-order valence-corrected chi connectivity index (χ0v) is 11.1. The molecule has 2 unspecified atom stereocenters. The van der Waals surface area contributed by atoms with Gasteiger partial charge < -0.3 is 19.7 Å². The van der Waals surface area contributed by atoms with Gasteiger partial charge >= 0.3 is 6.61 Å². The summed E-state index contributed by atoms with van der Waals surface area (Å²) in [6.45, 7) is -2.96. The van der Waals surface area contributed by atoms with Crippen LogP contribution in [0.5, 0.6) is 11.5 Å². The molecule has 0 aliphatic rings. The predicted molar refractivity (Wildman–Crippen MR) is 64.4 cm³/mol. The summed E-state index contributed by atoms with van der Waals surface area (Å²) in [5, 5.41) is 19.4. The van der Waals surface area contributed by atoms with Gasteiger partial charge in [0.15, 0.2) is 11.5 Å². The van der Waals surface area contributed by atoms with E-state index in [4.69, 9.17) is 4.74 Å². The molecule has 1 rings (SSSR count). The van der Waals surface area contributed by atoms with Gasteiger partial charge in [0.2, 0.25) is 0 Å². The van der Waals surface area contributed by atoms with E-state index in [0.717, 1.165) is 0 Å². The Morgan fingerprint density at radius 3 is 2.44 bits per heavy atom. The van der Waals surface area contributed by atoms with Crippen LogP contribution < -0.4 is 9.47 Å². The van der Waals surface area contributed by atoms with Crippen LogP contribution in [0.4, 0.5) is 8.78 Å². The van der Waals surface area contributed by atoms with Crippen molar-refractivity contribution in [1.82, 2.24) is 0 Å². The van der Waals surface area contributed by atoms with E-state index in [1.54, 1.807) is 0 Å². The maximum Gasteiger partial charge on any atom is 0.387 e. The first kappa shape index (κ1) is 15.1. The number of ether oxygens (including phenoxy) is 2. The first-order valence-electron chi connectivity index (χ1n) is 5.04. The number of hydrogen-bond donors (Lipinski definition) is 2. The van der Waals surface area contributed by atoms with E-state index in [9.17, 15) is 19.0 Å². The Hall–Kier alpha value is -0.920. The summed E-state index contributed by atoms with van der Waals surface area (Å²) in [7, 11) is 1.30. The van der Waals surface area contributed by atoms with Crippen LogP contribution in [-0.2, 0) is 0 Å². The Labute approximate surface area is 111 Å². The maximum absolute atomic E-state index is 12.1. The SMILES string of the molecule is COc1cc(C(O)C(O)CBr)ccc1OC(F)F. The van der Waals surface area contributed by atoms with Gasteiger partial charge in [-0.1, -0.05) is 22.0 Å². The normalized spacial score (nSPS) is 14.4. The van der Waals surface area contributed by atoms with Gasteiger partial charge in [-0.3, -0.25) is 0 Å². The third-order valence-electron chi connectivity index (χ3n) is 2.27. The molecule has 102 valence electrons. The zero-order valence-electron chi connectivity index (χ0n) is 9.52. The van der Waals surface area contributed by atoms with Crippen LogP contribution in [0, 0.1) is 0 Å². The molecule has 18 heavy (non-hydrogen) atoms. The number of aliphatic hydroxyl groups excluding tert-OH is 2. The highest BCUT2D eigenvalue weighted by Gasteiger charge is 2.19. The molecule has 1 aromatic rings. The first-order valence-corrected chi connectivity index (χ1v) is 6.16. The van der Waals surface area contributed by atoms with E-state index >= 15 is 0 Å². The third-order valence-corrected chi connectivity index (χ3v) is 2.93. The van der Waals surface area contributed by atoms with E-state index in [-0.39, 0.29) is 16.8 Å². The second kappa shape index (κ2) is 6.86. The summed E-state index contributed by atoms with van der Waals surface area (Å²) < 4.78 is 33.3. The van der Waals surface area contributed by atoms with E-state index < -0.39 is 18.8 Å². The molecule has 0 aliphatic carbocycles. The van der Waals surface area contributed by atoms with Crippen LogP contribution in [0.15, 0.2) is 18.2 Å². The maximum atomic E-state index is 12.1. The molecule has 1 aromatic carbocycles. The fraction of sp³-hybridized carbons (Fsp3) is 0.455. The first-order chi connectivity index (χ1) is 8.49. The van der Waals surface area contributed by atoms with Crippen molar-refractivity contribution < 1.29 is 28.5 Å². The molecule has 0 heterocycles. The monoisotopic (exact) mass is 326 g/mol. The smallest absolute Gasteiger partial charge is 0.387 e. The predicted octanol–water partition coefficient (Wildman–Crippen LogP) is 2.09. The molecule has 7 heteroatoms. The number of rotatable bonds is 6. The number of alkyl halides is 3. The molecular formula is C11H13BrF2O4. The second-order valence-electron chi connectivity index (χ2n) is 3.46. The molecule has 0 radical (unpaired) electrons. The number of halogens is 3. The van der Waals surface area contributed by atoms with Crippen molar-refractivity contribution in [3.8, 4) is 11.5 Å². The Morgan fingerprint density at radius 1 is 1.28 bits per heavy atom. The largest absolute Gasteiger partial charge is 0.493 e. The lowest BCUT2D eigenvalue weighted by atomic mass is 10.0. The second-order valence-corrected chi connectivity index (χ2v) is 4.10. The number of aliphatic hydroxyl groups is 2. The van der Waals surface area contributed by atoms with E-state index in [0.29, 0.717) is 5.56 Å². The molecule has 2 N–H and O–H groups in total. The Kier molecular flexibility index (Phi) is 5.77. The highest BCUT2D eigenvalue weighted by atomic mass is 79.9. The third kappa shape index (κ3) is 3.79. The van der Waals surface area contributed by atoms with Gasteiger partial charge in [-0.05, 0) is 17.7 Å². The Balaban J connectivity index is 2.97. The van der Waals surface area contributed by atoms with Gasteiger partial charge in [-0.25, -0.2) is 0 Å². The van der Waals surface area contributed by atoms with Crippen molar-refractivity contribution in [3.63, 3.8) is 0 Å². The minimum atomic E-state index is -2.96. The van der Waals surface area contributed by atoms with Crippen molar-refractivity contribution in [3.05, 3.63) is 23.8 Å². The quantitative estimate of drug-likeness (QED) is 0.786. The van der Waals surface area contributed by atoms with E-state index in [2.05, 4.69) is 20.7 Å². The summed E-state index contributed by atoms with van der Waals surface area (Å²) in [4.78, 5) is 0. The van der Waals surface area contributed by atoms with Crippen LogP contribution in [0.3, 0.4) is 0 Å². The molecule has 0 bridgehead atoms. The number of hydrogen-bond acceptors (Lipinski definition) is 4. The summed E-state index contributed by atoms with van der Waals surface area (Å²) in [6, 6.07) is 3.98. The fourth-order valence-electron chi connectivity index (χ4n) is 1.37. The van der Waals surface area contributed by atoms with Gasteiger partial charge in [0.25, 0.3) is 0 Å². The minimum Gasteiger partial charge on any atom is -0.493 e. The van der Waals surface area contributed by atoms with Crippen molar-refractivity contribution in [2.24, 2.45) is 0 Å². The zero-order chi connectivity index (χ0) is 13.7. The van der Waals surface area contributed by atoms with Gasteiger partial charge in [0.1, 0.15) is 6.10 Å². The molecular weight excluding hydrogens is 314 g/mol. The molecule has 0 amide bonds. The summed E-state index contributed by atoms with van der Waals surface area (Å²) in [6.07, 6.45) is -2.14. The standard InChI is InChI=1S/C11H13BrF2O4/c1-17-9-4-6(10(16)7(15)5-12)2-3-8(9)18-11(13)14/h2-4,7,10-11,15-16H,5H2,1H3. The summed E-state index contributed by atoms with van der Waals surface area (Å²) >= 11 is 3.03. The topological polar surface area (TPSA) is 58.9 Å². The number of methoxy groups -OCH3 is 1. The van der Waals surface area contributed by atoms with E-state index in [1.807, 2.05) is 0 Å². The minimum absolute atomic E-state index is 0.0635. The molecule has 0 saturated carbocycles. The highest BCUT2D eigenvalue weighted by molar-refractivity contribution is 9.09. The lowest BCUT2D eigenvalue weighted by Gasteiger charge is -2.18. The lowest BCUT2D eigenvalue weighted by Crippen LogP contribution is -2.19. The van der Waals surface area contributed by atoms with Crippen molar-refractivity contribution in [2.45, 2.75) is 18.8 Å². The average Bonchev–Trinajstić information content (AvgIpc) is 2.36. The molecule has 4 nitrogen and oxygen atoms in total. The molecule has 0 saturated heterocycles. The van der Waals surface area contributed by atoms with Crippen LogP contribution in [0.25, 0.3) is 0 Å². The Morgan fingerprint density at radius 2 is 1.94 bits per heavy atom. The molecule has 0 aromatic heterocycles. The van der Waals surface area contributed by atoms with Gasteiger partial charge in [-0.15, -0.1) is 0 Å². The average molecular weight is 327 g/mol. The van der Waals surface area contributed by atoms with Gasteiger partial charge in [0, 0.05) is 5.33 Å². The molecule has 2 atom stereocenters. The molecule has 0 fully saturated rings. The fourth-order valence-corrected chi connectivity index (χ4v) is 1.72. The lowest BCUT2D eigenvalue weighted by molar-refractivity contribution is -0.0512. The van der Waals surface area contributed by atoms with Crippen LogP contribution in [-0.4, -0.2) is 35.4 Å². The molecule has 0 spiro atoms.